The highest BCUT2D eigenvalue weighted by Crippen LogP contribution is 2.35. The third-order valence-corrected chi connectivity index (χ3v) is 7.69. The van der Waals surface area contributed by atoms with Crippen LogP contribution in [0, 0.1) is 0 Å². The number of amides is 1. The number of anilines is 1. The minimum absolute atomic E-state index is 0.0232. The predicted molar refractivity (Wildman–Crippen MR) is 130 cm³/mol. The maximum absolute atomic E-state index is 13.4. The number of benzene rings is 1. The molecule has 0 radical (unpaired) electrons. The topological polar surface area (TPSA) is 82.4 Å². The van der Waals surface area contributed by atoms with Gasteiger partial charge in [-0.25, -0.2) is 4.98 Å². The minimum Gasteiger partial charge on any atom is -0.495 e. The van der Waals surface area contributed by atoms with E-state index in [1.165, 1.54) is 23.7 Å². The van der Waals surface area contributed by atoms with Crippen LogP contribution in [-0.4, -0.2) is 42.0 Å². The van der Waals surface area contributed by atoms with Gasteiger partial charge in [-0.1, -0.05) is 23.4 Å². The molecule has 170 valence electrons. The zero-order valence-corrected chi connectivity index (χ0v) is 20.3. The molecule has 4 rings (SSSR count). The van der Waals surface area contributed by atoms with Gasteiger partial charge in [0.25, 0.3) is 5.56 Å². The van der Waals surface area contributed by atoms with Crippen molar-refractivity contribution >= 4 is 56.5 Å². The predicted octanol–water partition coefficient (Wildman–Crippen LogP) is 4.38. The monoisotopic (exact) mass is 493 g/mol. The van der Waals surface area contributed by atoms with Crippen molar-refractivity contribution in [1.29, 1.82) is 0 Å². The maximum Gasteiger partial charge on any atom is 0.263 e. The average Bonchev–Trinajstić information content (AvgIpc) is 3.35. The summed E-state index contributed by atoms with van der Waals surface area (Å²) in [5.41, 5.74) is 1.64. The lowest BCUT2D eigenvalue weighted by Crippen LogP contribution is -2.25. The third kappa shape index (κ3) is 4.80. The molecule has 0 fully saturated rings. The van der Waals surface area contributed by atoms with Gasteiger partial charge in [0.05, 0.1) is 23.9 Å². The lowest BCUT2D eigenvalue weighted by atomic mass is 10.2. The van der Waals surface area contributed by atoms with Crippen molar-refractivity contribution in [2.75, 3.05) is 31.9 Å². The molecule has 0 spiro atoms. The van der Waals surface area contributed by atoms with Gasteiger partial charge in [0.15, 0.2) is 5.16 Å². The summed E-state index contributed by atoms with van der Waals surface area (Å²) in [4.78, 5) is 32.8. The molecule has 1 aromatic carbocycles. The third-order valence-electron chi connectivity index (χ3n) is 5.29. The summed E-state index contributed by atoms with van der Waals surface area (Å²) < 4.78 is 12.1. The molecular weight excluding hydrogens is 470 g/mol. The number of nitrogens with zero attached hydrogens (tertiary/aromatic N) is 2. The number of carbonyl (C=O) groups excluding carboxylic acids is 1. The fourth-order valence-corrected chi connectivity index (χ4v) is 6.13. The molecule has 0 bridgehead atoms. The Balaban J connectivity index is 1.58. The second-order valence-electron chi connectivity index (χ2n) is 7.42. The molecule has 2 heterocycles. The Kier molecular flexibility index (Phi) is 7.40. The van der Waals surface area contributed by atoms with Gasteiger partial charge in [0, 0.05) is 30.2 Å². The number of methoxy groups -OCH3 is 2. The van der Waals surface area contributed by atoms with Crippen molar-refractivity contribution in [2.24, 2.45) is 0 Å². The molecule has 0 saturated carbocycles. The van der Waals surface area contributed by atoms with Crippen molar-refractivity contribution in [2.45, 2.75) is 37.4 Å². The Morgan fingerprint density at radius 3 is 2.97 bits per heavy atom. The van der Waals surface area contributed by atoms with Gasteiger partial charge < -0.3 is 14.8 Å². The van der Waals surface area contributed by atoms with Crippen LogP contribution in [0.25, 0.3) is 10.2 Å². The first-order valence-electron chi connectivity index (χ1n) is 10.3. The molecule has 10 heteroatoms. The number of thiophene rings is 1. The number of aryl methyl sites for hydroxylation is 2. The quantitative estimate of drug-likeness (QED) is 0.270. The molecule has 1 amide bonds. The van der Waals surface area contributed by atoms with Gasteiger partial charge in [-0.05, 0) is 49.4 Å². The SMILES string of the molecule is COCCCn1c(SCC(=O)Nc2cc(Cl)ccc2OC)nc2sc3c(c2c1=O)CCC3. The summed E-state index contributed by atoms with van der Waals surface area (Å²) in [6, 6.07) is 5.03. The van der Waals surface area contributed by atoms with Crippen LogP contribution < -0.4 is 15.6 Å². The number of carbonyl (C=O) groups is 1. The number of fused-ring (bicyclic) bond motifs is 3. The van der Waals surface area contributed by atoms with Gasteiger partial charge in [-0.2, -0.15) is 0 Å². The largest absolute Gasteiger partial charge is 0.495 e. The summed E-state index contributed by atoms with van der Waals surface area (Å²) in [6.07, 6.45) is 3.71. The molecule has 7 nitrogen and oxygen atoms in total. The molecular formula is C22H24ClN3O4S2. The van der Waals surface area contributed by atoms with Gasteiger partial charge in [0.2, 0.25) is 5.91 Å². The molecule has 1 N–H and O–H groups in total. The smallest absolute Gasteiger partial charge is 0.263 e. The first-order chi connectivity index (χ1) is 15.5. The lowest BCUT2D eigenvalue weighted by molar-refractivity contribution is -0.113. The number of nitrogens with one attached hydrogen (secondary N) is 1. The van der Waals surface area contributed by atoms with Crippen LogP contribution in [0.2, 0.25) is 5.02 Å². The van der Waals surface area contributed by atoms with E-state index >= 15 is 0 Å². The normalized spacial score (nSPS) is 12.8. The fraction of sp³-hybridized carbons (Fsp3) is 0.409. The molecule has 0 aliphatic heterocycles. The standard InChI is InChI=1S/C22H24ClN3O4S2/c1-29-10-4-9-26-21(28)19-14-5-3-6-17(14)32-20(19)25-22(26)31-12-18(27)24-15-11-13(23)7-8-16(15)30-2/h7-8,11H,3-6,9-10,12H2,1-2H3,(H,24,27). The van der Waals surface area contributed by atoms with E-state index in [9.17, 15) is 9.59 Å². The van der Waals surface area contributed by atoms with Crippen LogP contribution in [-0.2, 0) is 28.9 Å². The maximum atomic E-state index is 13.4. The summed E-state index contributed by atoms with van der Waals surface area (Å²) in [5.74, 6) is 0.391. The van der Waals surface area contributed by atoms with E-state index in [1.807, 2.05) is 0 Å². The van der Waals surface area contributed by atoms with Gasteiger partial charge >= 0.3 is 0 Å². The molecule has 1 aliphatic rings. The molecule has 0 atom stereocenters. The van der Waals surface area contributed by atoms with Gasteiger partial charge in [-0.3, -0.25) is 14.2 Å². The number of hydrogen-bond donors (Lipinski definition) is 1. The minimum atomic E-state index is -0.234. The average molecular weight is 494 g/mol. The summed E-state index contributed by atoms with van der Waals surface area (Å²) in [6.45, 7) is 1.04. The molecule has 2 aromatic heterocycles. The number of halogens is 1. The fourth-order valence-electron chi connectivity index (χ4n) is 3.83. The molecule has 1 aliphatic carbocycles. The highest BCUT2D eigenvalue weighted by atomic mass is 35.5. The summed E-state index contributed by atoms with van der Waals surface area (Å²) >= 11 is 8.90. The Morgan fingerprint density at radius 1 is 1.34 bits per heavy atom. The highest BCUT2D eigenvalue weighted by molar-refractivity contribution is 7.99. The van der Waals surface area contributed by atoms with E-state index in [0.29, 0.717) is 41.2 Å². The van der Waals surface area contributed by atoms with E-state index in [2.05, 4.69) is 5.32 Å². The van der Waals surface area contributed by atoms with Crippen molar-refractivity contribution < 1.29 is 14.3 Å². The van der Waals surface area contributed by atoms with Gasteiger partial charge in [-0.15, -0.1) is 11.3 Å². The van der Waals surface area contributed by atoms with Crippen LogP contribution in [0.15, 0.2) is 28.2 Å². The second-order valence-corrected chi connectivity index (χ2v) is 9.88. The van der Waals surface area contributed by atoms with E-state index in [0.717, 1.165) is 35.0 Å². The van der Waals surface area contributed by atoms with Gasteiger partial charge in [0.1, 0.15) is 10.6 Å². The van der Waals surface area contributed by atoms with Crippen LogP contribution in [0.5, 0.6) is 5.75 Å². The van der Waals surface area contributed by atoms with E-state index in [1.54, 1.807) is 41.2 Å². The highest BCUT2D eigenvalue weighted by Gasteiger charge is 2.23. The second kappa shape index (κ2) is 10.2. The van der Waals surface area contributed by atoms with E-state index in [-0.39, 0.29) is 17.2 Å². The first kappa shape index (κ1) is 23.1. The number of thioether (sulfide) groups is 1. The zero-order chi connectivity index (χ0) is 22.7. The van der Waals surface area contributed by atoms with Crippen LogP contribution in [0.4, 0.5) is 5.69 Å². The number of ether oxygens (including phenoxy) is 2. The van der Waals surface area contributed by atoms with Crippen molar-refractivity contribution in [1.82, 2.24) is 9.55 Å². The summed E-state index contributed by atoms with van der Waals surface area (Å²) in [7, 11) is 3.17. The molecule has 0 saturated heterocycles. The van der Waals surface area contributed by atoms with E-state index < -0.39 is 0 Å². The van der Waals surface area contributed by atoms with Crippen molar-refractivity contribution in [3.8, 4) is 5.75 Å². The Bertz CT molecular complexity index is 1210. The van der Waals surface area contributed by atoms with Crippen molar-refractivity contribution in [3.63, 3.8) is 0 Å². The van der Waals surface area contributed by atoms with E-state index in [4.69, 9.17) is 26.1 Å². The zero-order valence-electron chi connectivity index (χ0n) is 17.9. The molecule has 0 unspecified atom stereocenters. The lowest BCUT2D eigenvalue weighted by Gasteiger charge is -2.13. The molecule has 32 heavy (non-hydrogen) atoms. The first-order valence-corrected chi connectivity index (χ1v) is 12.5. The summed E-state index contributed by atoms with van der Waals surface area (Å²) in [5, 5.41) is 4.62. The van der Waals surface area contributed by atoms with Crippen LogP contribution in [0.3, 0.4) is 0 Å². The van der Waals surface area contributed by atoms with Crippen LogP contribution in [0.1, 0.15) is 23.3 Å². The van der Waals surface area contributed by atoms with Crippen LogP contribution >= 0.6 is 34.7 Å². The number of rotatable bonds is 9. The Labute approximate surface area is 199 Å². The number of hydrogen-bond acceptors (Lipinski definition) is 7. The molecule has 3 aromatic rings. The Morgan fingerprint density at radius 2 is 2.19 bits per heavy atom. The number of aromatic nitrogens is 2. The Hall–Kier alpha value is -2.07. The van der Waals surface area contributed by atoms with Crippen molar-refractivity contribution in [3.05, 3.63) is 44.0 Å².